The van der Waals surface area contributed by atoms with Crippen molar-refractivity contribution in [2.75, 3.05) is 0 Å². The van der Waals surface area contributed by atoms with Crippen LogP contribution in [0.5, 0.6) is 0 Å². The SMILES string of the molecule is O=C(c1cc(F)cc(F)c1)c1cc2cccc(Br)c2o1. The van der Waals surface area contributed by atoms with Gasteiger partial charge >= 0.3 is 0 Å². The molecule has 1 aromatic heterocycles. The molecule has 0 aliphatic carbocycles. The van der Waals surface area contributed by atoms with Gasteiger partial charge < -0.3 is 4.42 Å². The van der Waals surface area contributed by atoms with Gasteiger partial charge in [-0.2, -0.15) is 0 Å². The first-order chi connectivity index (χ1) is 9.54. The van der Waals surface area contributed by atoms with Gasteiger partial charge in [0.1, 0.15) is 17.2 Å². The highest BCUT2D eigenvalue weighted by Crippen LogP contribution is 2.28. The van der Waals surface area contributed by atoms with Crippen molar-refractivity contribution in [1.82, 2.24) is 0 Å². The van der Waals surface area contributed by atoms with Gasteiger partial charge in [0, 0.05) is 17.0 Å². The lowest BCUT2D eigenvalue weighted by atomic mass is 10.1. The first-order valence-electron chi connectivity index (χ1n) is 5.73. The number of hydrogen-bond acceptors (Lipinski definition) is 2. The van der Waals surface area contributed by atoms with Crippen LogP contribution in [0, 0.1) is 11.6 Å². The maximum Gasteiger partial charge on any atom is 0.228 e. The van der Waals surface area contributed by atoms with Crippen LogP contribution in [0.1, 0.15) is 16.1 Å². The second-order valence-corrected chi connectivity index (χ2v) is 5.11. The van der Waals surface area contributed by atoms with Gasteiger partial charge in [0.05, 0.1) is 4.47 Å². The highest BCUT2D eigenvalue weighted by atomic mass is 79.9. The van der Waals surface area contributed by atoms with E-state index in [1.165, 1.54) is 0 Å². The summed E-state index contributed by atoms with van der Waals surface area (Å²) < 4.78 is 32.4. The topological polar surface area (TPSA) is 30.2 Å². The molecule has 0 aliphatic heterocycles. The molecule has 2 nitrogen and oxygen atoms in total. The zero-order chi connectivity index (χ0) is 14.3. The van der Waals surface area contributed by atoms with E-state index in [9.17, 15) is 13.6 Å². The standard InChI is InChI=1S/C15H7BrF2O2/c16-12-3-1-2-8-6-13(20-15(8)12)14(19)9-4-10(17)7-11(18)5-9/h1-7H. The largest absolute Gasteiger partial charge is 0.451 e. The summed E-state index contributed by atoms with van der Waals surface area (Å²) in [6, 6.07) is 9.59. The maximum absolute atomic E-state index is 13.1. The molecule has 0 saturated carbocycles. The fourth-order valence-corrected chi connectivity index (χ4v) is 2.43. The van der Waals surface area contributed by atoms with Gasteiger partial charge in [-0.3, -0.25) is 4.79 Å². The van der Waals surface area contributed by atoms with Gasteiger partial charge in [-0.05, 0) is 40.2 Å². The Balaban J connectivity index is 2.10. The van der Waals surface area contributed by atoms with E-state index in [-0.39, 0.29) is 11.3 Å². The van der Waals surface area contributed by atoms with Crippen LogP contribution in [-0.4, -0.2) is 5.78 Å². The summed E-state index contributed by atoms with van der Waals surface area (Å²) in [5.74, 6) is -2.13. The molecule has 0 amide bonds. The third kappa shape index (κ3) is 2.25. The van der Waals surface area contributed by atoms with Gasteiger partial charge in [0.15, 0.2) is 5.76 Å². The van der Waals surface area contributed by atoms with Crippen molar-refractivity contribution in [3.63, 3.8) is 0 Å². The molecule has 3 rings (SSSR count). The maximum atomic E-state index is 13.1. The Labute approximate surface area is 121 Å². The molecular weight excluding hydrogens is 330 g/mol. The number of carbonyl (C=O) groups excluding carboxylic acids is 1. The van der Waals surface area contributed by atoms with Crippen molar-refractivity contribution in [3.8, 4) is 0 Å². The van der Waals surface area contributed by atoms with Gasteiger partial charge in [0.2, 0.25) is 5.78 Å². The molecule has 3 aromatic rings. The molecule has 0 N–H and O–H groups in total. The number of fused-ring (bicyclic) bond motifs is 1. The van der Waals surface area contributed by atoms with Crippen LogP contribution in [0.4, 0.5) is 8.78 Å². The third-order valence-electron chi connectivity index (χ3n) is 2.84. The Morgan fingerprint density at radius 3 is 2.40 bits per heavy atom. The minimum Gasteiger partial charge on any atom is -0.451 e. The lowest BCUT2D eigenvalue weighted by Gasteiger charge is -1.98. The van der Waals surface area contributed by atoms with Crippen LogP contribution in [0.25, 0.3) is 11.0 Å². The number of halogens is 3. The van der Waals surface area contributed by atoms with E-state index in [1.807, 2.05) is 0 Å². The lowest BCUT2D eigenvalue weighted by Crippen LogP contribution is -2.01. The number of hydrogen-bond donors (Lipinski definition) is 0. The number of furan rings is 1. The molecule has 0 fully saturated rings. The monoisotopic (exact) mass is 336 g/mol. The molecule has 1 heterocycles. The number of ketones is 1. The first kappa shape index (κ1) is 13.0. The summed E-state index contributed by atoms with van der Waals surface area (Å²) in [6.07, 6.45) is 0. The average Bonchev–Trinajstić information content (AvgIpc) is 2.82. The van der Waals surface area contributed by atoms with Gasteiger partial charge in [-0.25, -0.2) is 8.78 Å². The summed E-state index contributed by atoms with van der Waals surface area (Å²) in [4.78, 5) is 12.2. The minimum absolute atomic E-state index is 0.0388. The normalized spacial score (nSPS) is 10.9. The molecule has 100 valence electrons. The smallest absolute Gasteiger partial charge is 0.228 e. The third-order valence-corrected chi connectivity index (χ3v) is 3.47. The highest BCUT2D eigenvalue weighted by molar-refractivity contribution is 9.10. The summed E-state index contributed by atoms with van der Waals surface area (Å²) >= 11 is 3.31. The number of carbonyl (C=O) groups is 1. The Bertz CT molecular complexity index is 804. The fraction of sp³-hybridized carbons (Fsp3) is 0. The molecule has 0 aliphatic rings. The van der Waals surface area contributed by atoms with E-state index in [2.05, 4.69) is 15.9 Å². The molecule has 0 spiro atoms. The molecular formula is C15H7BrF2O2. The second kappa shape index (κ2) is 4.83. The lowest BCUT2D eigenvalue weighted by molar-refractivity contribution is 0.101. The molecule has 0 saturated heterocycles. The number of para-hydroxylation sites is 1. The van der Waals surface area contributed by atoms with Crippen molar-refractivity contribution >= 4 is 32.7 Å². The van der Waals surface area contributed by atoms with Crippen LogP contribution in [-0.2, 0) is 0 Å². The van der Waals surface area contributed by atoms with E-state index in [4.69, 9.17) is 4.42 Å². The molecule has 0 radical (unpaired) electrons. The Morgan fingerprint density at radius 1 is 1.05 bits per heavy atom. The Kier molecular flexibility index (Phi) is 3.14. The van der Waals surface area contributed by atoms with Crippen LogP contribution in [0.3, 0.4) is 0 Å². The van der Waals surface area contributed by atoms with Crippen LogP contribution >= 0.6 is 15.9 Å². The van der Waals surface area contributed by atoms with Gasteiger partial charge in [-0.1, -0.05) is 12.1 Å². The van der Waals surface area contributed by atoms with Crippen LogP contribution in [0.2, 0.25) is 0 Å². The van der Waals surface area contributed by atoms with Crippen molar-refractivity contribution in [2.24, 2.45) is 0 Å². The molecule has 0 bridgehead atoms. The van der Waals surface area contributed by atoms with Crippen LogP contribution < -0.4 is 0 Å². The number of rotatable bonds is 2. The zero-order valence-corrected chi connectivity index (χ0v) is 11.6. The van der Waals surface area contributed by atoms with Crippen molar-refractivity contribution in [3.05, 3.63) is 69.9 Å². The second-order valence-electron chi connectivity index (χ2n) is 4.26. The Hall–Kier alpha value is -2.01. The van der Waals surface area contributed by atoms with E-state index in [1.54, 1.807) is 24.3 Å². The first-order valence-corrected chi connectivity index (χ1v) is 6.53. The Morgan fingerprint density at radius 2 is 1.75 bits per heavy atom. The van der Waals surface area contributed by atoms with Crippen LogP contribution in [0.15, 0.2) is 51.4 Å². The van der Waals surface area contributed by atoms with Gasteiger partial charge in [0.25, 0.3) is 0 Å². The molecule has 2 aromatic carbocycles. The van der Waals surface area contributed by atoms with Crippen molar-refractivity contribution < 1.29 is 18.0 Å². The van der Waals surface area contributed by atoms with E-state index < -0.39 is 17.4 Å². The van der Waals surface area contributed by atoms with Crippen molar-refractivity contribution in [2.45, 2.75) is 0 Å². The summed E-state index contributed by atoms with van der Waals surface area (Å²) in [5.41, 5.74) is 0.436. The average molecular weight is 337 g/mol. The van der Waals surface area contributed by atoms with Crippen molar-refractivity contribution in [1.29, 1.82) is 0 Å². The molecule has 20 heavy (non-hydrogen) atoms. The van der Waals surface area contributed by atoms with Gasteiger partial charge in [-0.15, -0.1) is 0 Å². The highest BCUT2D eigenvalue weighted by Gasteiger charge is 2.17. The summed E-state index contributed by atoms with van der Waals surface area (Å²) in [7, 11) is 0. The molecule has 5 heteroatoms. The predicted octanol–water partition coefficient (Wildman–Crippen LogP) is 4.70. The molecule has 0 atom stereocenters. The zero-order valence-electron chi connectivity index (χ0n) is 9.99. The fourth-order valence-electron chi connectivity index (χ4n) is 1.97. The van der Waals surface area contributed by atoms with E-state index in [0.717, 1.165) is 17.5 Å². The minimum atomic E-state index is -0.800. The van der Waals surface area contributed by atoms with E-state index >= 15 is 0 Å². The van der Waals surface area contributed by atoms with E-state index in [0.29, 0.717) is 16.1 Å². The summed E-state index contributed by atoms with van der Waals surface area (Å²) in [5, 5.41) is 0.736. The predicted molar refractivity (Wildman–Crippen MR) is 73.7 cm³/mol. The quantitative estimate of drug-likeness (QED) is 0.634. The number of benzene rings is 2. The summed E-state index contributed by atoms with van der Waals surface area (Å²) in [6.45, 7) is 0. The molecule has 0 unspecified atom stereocenters.